The van der Waals surface area contributed by atoms with Crippen molar-refractivity contribution >= 4 is 17.8 Å². The fourth-order valence-corrected chi connectivity index (χ4v) is 4.84. The fourth-order valence-electron chi connectivity index (χ4n) is 4.84. The number of primary amides is 1. The predicted octanol–water partition coefficient (Wildman–Crippen LogP) is 3.95. The maximum Gasteiger partial charge on any atom is 0.338 e. The maximum absolute atomic E-state index is 13.6. The van der Waals surface area contributed by atoms with Gasteiger partial charge in [0.05, 0.1) is 19.8 Å². The average Bonchev–Trinajstić information content (AvgIpc) is 3.03. The highest BCUT2D eigenvalue weighted by atomic mass is 16.5. The second-order valence-corrected chi connectivity index (χ2v) is 10.6. The lowest BCUT2D eigenvalue weighted by molar-refractivity contribution is 0.0238. The van der Waals surface area contributed by atoms with Crippen LogP contribution in [0.15, 0.2) is 66.7 Å². The Bertz CT molecular complexity index is 1390. The third-order valence-electron chi connectivity index (χ3n) is 7.15. The van der Waals surface area contributed by atoms with Crippen LogP contribution in [0.3, 0.4) is 0 Å². The molecule has 0 unspecified atom stereocenters. The van der Waals surface area contributed by atoms with E-state index in [4.69, 9.17) is 25.7 Å². The summed E-state index contributed by atoms with van der Waals surface area (Å²) in [6.45, 7) is 5.80. The Balaban J connectivity index is 1.85. The van der Waals surface area contributed by atoms with Crippen LogP contribution in [0.4, 0.5) is 0 Å². The summed E-state index contributed by atoms with van der Waals surface area (Å²) in [5.74, 6) is -0.281. The van der Waals surface area contributed by atoms with Crippen molar-refractivity contribution in [2.75, 3.05) is 33.9 Å². The molecule has 3 aromatic carbocycles. The van der Waals surface area contributed by atoms with Crippen LogP contribution in [0.25, 0.3) is 0 Å². The van der Waals surface area contributed by atoms with Crippen LogP contribution in [-0.2, 0) is 17.7 Å². The van der Waals surface area contributed by atoms with E-state index in [1.165, 1.54) is 18.2 Å². The molecule has 2 atom stereocenters. The number of hydrogen-bond donors (Lipinski definition) is 3. The molecular formula is C34H44N4O6. The van der Waals surface area contributed by atoms with Gasteiger partial charge < -0.3 is 35.9 Å². The van der Waals surface area contributed by atoms with Crippen molar-refractivity contribution < 1.29 is 28.6 Å². The monoisotopic (exact) mass is 604 g/mol. The van der Waals surface area contributed by atoms with Crippen LogP contribution in [0.5, 0.6) is 11.5 Å². The zero-order valence-corrected chi connectivity index (χ0v) is 26.0. The minimum Gasteiger partial charge on any atom is -0.497 e. The van der Waals surface area contributed by atoms with Crippen molar-refractivity contribution in [1.29, 1.82) is 0 Å². The Labute approximate surface area is 259 Å². The molecule has 10 heteroatoms. The molecule has 10 nitrogen and oxygen atoms in total. The molecule has 0 bridgehead atoms. The van der Waals surface area contributed by atoms with Crippen LogP contribution in [-0.4, -0.2) is 68.7 Å². The van der Waals surface area contributed by atoms with E-state index in [0.29, 0.717) is 26.1 Å². The highest BCUT2D eigenvalue weighted by Gasteiger charge is 2.25. The van der Waals surface area contributed by atoms with Crippen molar-refractivity contribution in [2.24, 2.45) is 11.5 Å². The molecule has 0 aliphatic rings. The van der Waals surface area contributed by atoms with Crippen molar-refractivity contribution in [3.05, 3.63) is 94.5 Å². The third kappa shape index (κ3) is 9.82. The van der Waals surface area contributed by atoms with Gasteiger partial charge in [-0.15, -0.1) is 0 Å². The number of rotatable bonds is 17. The van der Waals surface area contributed by atoms with Gasteiger partial charge in [0.2, 0.25) is 5.91 Å². The van der Waals surface area contributed by atoms with Crippen LogP contribution in [0.1, 0.15) is 68.9 Å². The highest BCUT2D eigenvalue weighted by molar-refractivity contribution is 6.03. The van der Waals surface area contributed by atoms with Crippen LogP contribution < -0.4 is 26.3 Å². The Morgan fingerprint density at radius 2 is 1.45 bits per heavy atom. The van der Waals surface area contributed by atoms with Gasteiger partial charge in [0.1, 0.15) is 17.6 Å². The number of nitrogens with two attached hydrogens (primary N) is 2. The number of hydrogen-bond acceptors (Lipinski definition) is 8. The molecule has 2 amide bonds. The van der Waals surface area contributed by atoms with E-state index in [9.17, 15) is 14.4 Å². The Hall–Kier alpha value is -4.41. The van der Waals surface area contributed by atoms with Gasteiger partial charge in [-0.1, -0.05) is 38.1 Å². The number of carbonyl (C=O) groups excluding carboxylic acids is 3. The number of benzene rings is 3. The lowest BCUT2D eigenvalue weighted by Gasteiger charge is -2.25. The minimum absolute atomic E-state index is 0.0472. The van der Waals surface area contributed by atoms with Gasteiger partial charge in [-0.3, -0.25) is 9.59 Å². The molecule has 0 radical (unpaired) electrons. The Kier molecular flexibility index (Phi) is 13.2. The molecular weight excluding hydrogens is 560 g/mol. The van der Waals surface area contributed by atoms with Crippen molar-refractivity contribution in [2.45, 2.75) is 51.8 Å². The molecule has 44 heavy (non-hydrogen) atoms. The zero-order valence-electron chi connectivity index (χ0n) is 26.0. The van der Waals surface area contributed by atoms with Gasteiger partial charge in [-0.2, -0.15) is 0 Å². The van der Waals surface area contributed by atoms with E-state index in [1.54, 1.807) is 19.1 Å². The summed E-state index contributed by atoms with van der Waals surface area (Å²) < 4.78 is 16.5. The van der Waals surface area contributed by atoms with Gasteiger partial charge in [-0.05, 0) is 72.9 Å². The molecule has 3 rings (SSSR count). The quantitative estimate of drug-likeness (QED) is 0.196. The second kappa shape index (κ2) is 17.0. The third-order valence-corrected chi connectivity index (χ3v) is 7.15. The summed E-state index contributed by atoms with van der Waals surface area (Å²) in [6.07, 6.45) is 1.22. The zero-order chi connectivity index (χ0) is 32.1. The predicted molar refractivity (Wildman–Crippen MR) is 170 cm³/mol. The first-order valence-corrected chi connectivity index (χ1v) is 14.9. The van der Waals surface area contributed by atoms with E-state index in [2.05, 4.69) is 5.32 Å². The molecule has 0 fully saturated rings. The molecule has 5 N–H and O–H groups in total. The number of esters is 1. The number of carbonyl (C=O) groups is 3. The van der Waals surface area contributed by atoms with Gasteiger partial charge in [0.15, 0.2) is 0 Å². The van der Waals surface area contributed by atoms with E-state index in [-0.39, 0.29) is 29.1 Å². The van der Waals surface area contributed by atoms with Crippen molar-refractivity contribution in [1.82, 2.24) is 10.2 Å². The van der Waals surface area contributed by atoms with Crippen LogP contribution in [0.2, 0.25) is 0 Å². The van der Waals surface area contributed by atoms with Gasteiger partial charge >= 0.3 is 5.97 Å². The topological polar surface area (TPSA) is 146 Å². The minimum atomic E-state index is -0.751. The second-order valence-electron chi connectivity index (χ2n) is 10.6. The molecule has 0 aliphatic carbocycles. The Morgan fingerprint density at radius 3 is 2.07 bits per heavy atom. The average molecular weight is 605 g/mol. The van der Waals surface area contributed by atoms with Crippen LogP contribution in [0, 0.1) is 0 Å². The maximum atomic E-state index is 13.6. The summed E-state index contributed by atoms with van der Waals surface area (Å²) in [4.78, 5) is 40.8. The number of nitrogens with one attached hydrogen (secondary N) is 1. The molecule has 0 heterocycles. The summed E-state index contributed by atoms with van der Waals surface area (Å²) in [5, 5.41) is 3.33. The summed E-state index contributed by atoms with van der Waals surface area (Å²) >= 11 is 0. The molecule has 0 saturated heterocycles. The van der Waals surface area contributed by atoms with E-state index in [0.717, 1.165) is 35.5 Å². The first-order valence-electron chi connectivity index (χ1n) is 14.9. The number of ether oxygens (including phenoxy) is 3. The number of methoxy groups -OCH3 is 2. The molecule has 0 aromatic heterocycles. The molecule has 0 saturated carbocycles. The summed E-state index contributed by atoms with van der Waals surface area (Å²) in [5.41, 5.74) is 14.4. The lowest BCUT2D eigenvalue weighted by Crippen LogP contribution is -2.46. The van der Waals surface area contributed by atoms with E-state index in [1.807, 2.05) is 62.4 Å². The lowest BCUT2D eigenvalue weighted by atomic mass is 10.0. The van der Waals surface area contributed by atoms with Crippen LogP contribution >= 0.6 is 0 Å². The first kappa shape index (κ1) is 34.1. The highest BCUT2D eigenvalue weighted by Crippen LogP contribution is 2.18. The van der Waals surface area contributed by atoms with E-state index < -0.39 is 24.0 Å². The van der Waals surface area contributed by atoms with Crippen molar-refractivity contribution in [3.8, 4) is 11.5 Å². The summed E-state index contributed by atoms with van der Waals surface area (Å²) in [7, 11) is 3.21. The molecule has 236 valence electrons. The smallest absolute Gasteiger partial charge is 0.338 e. The summed E-state index contributed by atoms with van der Waals surface area (Å²) in [6, 6.07) is 18.8. The molecule has 0 aliphatic heterocycles. The number of amides is 2. The van der Waals surface area contributed by atoms with Gasteiger partial charge in [0, 0.05) is 43.3 Å². The Morgan fingerprint density at radius 1 is 0.818 bits per heavy atom. The first-order chi connectivity index (χ1) is 21.2. The van der Waals surface area contributed by atoms with Gasteiger partial charge in [-0.25, -0.2) is 4.79 Å². The van der Waals surface area contributed by atoms with Gasteiger partial charge in [0.25, 0.3) is 5.91 Å². The molecule has 3 aromatic rings. The SMILES string of the molecule is CCCN(CCC)C(=O)c1cc(C(N)=O)cc(C(=O)O[C@H](CNCc2cccc(OC)c2)[C@@H](N)Cc2ccc(OC)cc2)c1. The fraction of sp³-hybridized carbons (Fsp3) is 0.382. The number of nitrogens with zero attached hydrogens (tertiary/aromatic N) is 1. The standard InChI is InChI=1S/C34H44N4O6/c1-5-14-38(15-6-2)33(40)26-18-25(32(36)39)19-27(20-26)34(41)44-31(22-37-21-24-8-7-9-29(16-24)43-4)30(35)17-23-10-12-28(42-3)13-11-23/h7-13,16,18-20,30-31,37H,5-6,14-15,17,21-22,35H2,1-4H3,(H2,36,39)/t30-,31+/m0/s1. The van der Waals surface area contributed by atoms with Crippen molar-refractivity contribution in [3.63, 3.8) is 0 Å². The molecule has 0 spiro atoms. The normalized spacial score (nSPS) is 12.2. The largest absolute Gasteiger partial charge is 0.497 e. The van der Waals surface area contributed by atoms with E-state index >= 15 is 0 Å².